The summed E-state index contributed by atoms with van der Waals surface area (Å²) in [6, 6.07) is 7.29. The molecule has 3 heterocycles. The van der Waals surface area contributed by atoms with Crippen molar-refractivity contribution >= 4 is 44.9 Å². The number of thiophene rings is 1. The Hall–Kier alpha value is -2.43. The zero-order chi connectivity index (χ0) is 23.2. The molecule has 1 N–H and O–H groups in total. The second kappa shape index (κ2) is 8.73. The second-order valence-corrected chi connectivity index (χ2v) is 10.1. The molecule has 0 saturated carbocycles. The van der Waals surface area contributed by atoms with Crippen LogP contribution in [0.3, 0.4) is 0 Å². The van der Waals surface area contributed by atoms with Gasteiger partial charge in [0.25, 0.3) is 5.56 Å². The van der Waals surface area contributed by atoms with Crippen molar-refractivity contribution in [3.63, 3.8) is 0 Å². The van der Waals surface area contributed by atoms with Crippen molar-refractivity contribution in [2.45, 2.75) is 42.8 Å². The number of hydrogen-bond donors (Lipinski definition) is 1. The number of nitrogens with zero attached hydrogens (tertiary/aromatic N) is 3. The van der Waals surface area contributed by atoms with Gasteiger partial charge in [-0.1, -0.05) is 35.5 Å². The Morgan fingerprint density at radius 3 is 2.61 bits per heavy atom. The molecule has 0 atom stereocenters. The van der Waals surface area contributed by atoms with Gasteiger partial charge in [-0.25, -0.2) is 15.0 Å². The lowest BCUT2D eigenvalue weighted by Crippen LogP contribution is -2.13. The van der Waals surface area contributed by atoms with Gasteiger partial charge in [0.15, 0.2) is 5.16 Å². The van der Waals surface area contributed by atoms with Gasteiger partial charge in [-0.3, -0.25) is 4.79 Å². The monoisotopic (exact) mass is 508 g/mol. The number of fused-ring (bicyclic) bond motifs is 3. The third-order valence-electron chi connectivity index (χ3n) is 5.35. The van der Waals surface area contributed by atoms with Crippen molar-refractivity contribution in [2.75, 3.05) is 0 Å². The molecule has 0 radical (unpaired) electrons. The molecule has 0 amide bonds. The molecule has 0 bridgehead atoms. The normalized spacial score (nSPS) is 13.9. The summed E-state index contributed by atoms with van der Waals surface area (Å²) in [7, 11) is 0. The number of aryl methyl sites for hydroxylation is 2. The Bertz CT molecular complexity index is 1400. The second-order valence-electron chi connectivity index (χ2n) is 7.62. The molecular weight excluding hydrogens is 493 g/mol. The molecule has 4 aromatic rings. The molecule has 1 aromatic carbocycles. The van der Waals surface area contributed by atoms with Crippen molar-refractivity contribution in [2.24, 2.45) is 0 Å². The fourth-order valence-corrected chi connectivity index (χ4v) is 5.95. The topological polar surface area (TPSA) is 71.5 Å². The molecule has 11 heteroatoms. The van der Waals surface area contributed by atoms with E-state index in [9.17, 15) is 18.0 Å². The first kappa shape index (κ1) is 22.4. The van der Waals surface area contributed by atoms with E-state index >= 15 is 0 Å². The van der Waals surface area contributed by atoms with Crippen molar-refractivity contribution < 1.29 is 13.2 Å². The van der Waals surface area contributed by atoms with E-state index in [4.69, 9.17) is 11.6 Å². The summed E-state index contributed by atoms with van der Waals surface area (Å²) in [4.78, 5) is 29.9. The van der Waals surface area contributed by atoms with Crippen LogP contribution in [0.2, 0.25) is 5.02 Å². The number of thioether (sulfide) groups is 1. The molecule has 1 aliphatic rings. The van der Waals surface area contributed by atoms with Crippen LogP contribution >= 0.6 is 34.7 Å². The summed E-state index contributed by atoms with van der Waals surface area (Å²) in [6.45, 7) is 0. The van der Waals surface area contributed by atoms with Crippen molar-refractivity contribution in [3.8, 4) is 11.3 Å². The molecule has 1 aliphatic carbocycles. The van der Waals surface area contributed by atoms with Crippen LogP contribution in [0.5, 0.6) is 0 Å². The largest absolute Gasteiger partial charge is 0.433 e. The lowest BCUT2D eigenvalue weighted by atomic mass is 9.97. The van der Waals surface area contributed by atoms with E-state index in [0.29, 0.717) is 26.6 Å². The van der Waals surface area contributed by atoms with Crippen molar-refractivity contribution in [1.29, 1.82) is 0 Å². The molecule has 5 rings (SSSR count). The predicted molar refractivity (Wildman–Crippen MR) is 124 cm³/mol. The third-order valence-corrected chi connectivity index (χ3v) is 7.64. The van der Waals surface area contributed by atoms with E-state index in [-0.39, 0.29) is 22.2 Å². The molecule has 0 aliphatic heterocycles. The van der Waals surface area contributed by atoms with E-state index in [2.05, 4.69) is 19.9 Å². The quantitative estimate of drug-likeness (QED) is 0.259. The van der Waals surface area contributed by atoms with E-state index in [0.717, 1.165) is 49.1 Å². The fourth-order valence-electron chi connectivity index (χ4n) is 3.81. The molecule has 33 heavy (non-hydrogen) atoms. The average Bonchev–Trinajstić information content (AvgIpc) is 3.16. The van der Waals surface area contributed by atoms with Gasteiger partial charge < -0.3 is 4.98 Å². The molecule has 5 nitrogen and oxygen atoms in total. The summed E-state index contributed by atoms with van der Waals surface area (Å²) < 4.78 is 40.4. The number of alkyl halides is 3. The minimum atomic E-state index is -4.62. The molecule has 170 valence electrons. The summed E-state index contributed by atoms with van der Waals surface area (Å²) in [5.74, 6) is 0.514. The lowest BCUT2D eigenvalue weighted by molar-refractivity contribution is -0.141. The fraction of sp³-hybridized carbons (Fsp3) is 0.273. The Balaban J connectivity index is 1.46. The van der Waals surface area contributed by atoms with Gasteiger partial charge in [0, 0.05) is 15.5 Å². The standard InChI is InChI=1S/C22H16ClF3N4OS2/c23-12-7-5-11(6-8-12)14-9-16(22(24,25)26)28-21(27-14)32-10-17-29-19(31)18-13-3-1-2-4-15(13)33-20(18)30-17/h5-9H,1-4,10H2,(H,29,30,31). The Labute approximate surface area is 199 Å². The lowest BCUT2D eigenvalue weighted by Gasteiger charge is -2.11. The van der Waals surface area contributed by atoms with Gasteiger partial charge >= 0.3 is 6.18 Å². The van der Waals surface area contributed by atoms with Gasteiger partial charge in [-0.2, -0.15) is 13.2 Å². The van der Waals surface area contributed by atoms with E-state index < -0.39 is 11.9 Å². The van der Waals surface area contributed by atoms with Crippen molar-refractivity contribution in [1.82, 2.24) is 19.9 Å². The Kier molecular flexibility index (Phi) is 5.92. The Morgan fingerprint density at radius 2 is 1.85 bits per heavy atom. The van der Waals surface area contributed by atoms with E-state index in [1.165, 1.54) is 16.2 Å². The molecule has 0 spiro atoms. The van der Waals surface area contributed by atoms with Crippen LogP contribution in [-0.4, -0.2) is 19.9 Å². The minimum absolute atomic E-state index is 0.0528. The molecule has 0 unspecified atom stereocenters. The minimum Gasteiger partial charge on any atom is -0.309 e. The first-order valence-electron chi connectivity index (χ1n) is 10.2. The van der Waals surface area contributed by atoms with Gasteiger partial charge in [0.05, 0.1) is 16.8 Å². The smallest absolute Gasteiger partial charge is 0.309 e. The number of aromatic nitrogens is 4. The maximum absolute atomic E-state index is 13.5. The first-order chi connectivity index (χ1) is 15.8. The number of nitrogens with one attached hydrogen (secondary N) is 1. The maximum Gasteiger partial charge on any atom is 0.433 e. The Morgan fingerprint density at radius 1 is 1.09 bits per heavy atom. The number of hydrogen-bond acceptors (Lipinski definition) is 6. The molecule has 3 aromatic heterocycles. The maximum atomic E-state index is 13.5. The summed E-state index contributed by atoms with van der Waals surface area (Å²) in [5, 5.41) is 1.06. The highest BCUT2D eigenvalue weighted by molar-refractivity contribution is 7.98. The predicted octanol–water partition coefficient (Wildman–Crippen LogP) is 6.28. The van der Waals surface area contributed by atoms with Crippen molar-refractivity contribution in [3.05, 3.63) is 67.7 Å². The molecule has 0 saturated heterocycles. The summed E-state index contributed by atoms with van der Waals surface area (Å²) >= 11 is 8.40. The highest BCUT2D eigenvalue weighted by atomic mass is 35.5. The zero-order valence-electron chi connectivity index (χ0n) is 17.0. The highest BCUT2D eigenvalue weighted by Gasteiger charge is 2.34. The van der Waals surface area contributed by atoms with Gasteiger partial charge in [-0.15, -0.1) is 11.3 Å². The van der Waals surface area contributed by atoms with Crippen LogP contribution in [0.15, 0.2) is 40.3 Å². The third kappa shape index (κ3) is 4.64. The van der Waals surface area contributed by atoms with Gasteiger partial charge in [-0.05, 0) is 49.4 Å². The number of halogens is 4. The highest BCUT2D eigenvalue weighted by Crippen LogP contribution is 2.35. The zero-order valence-corrected chi connectivity index (χ0v) is 19.4. The van der Waals surface area contributed by atoms with E-state index in [1.807, 2.05) is 0 Å². The average molecular weight is 509 g/mol. The van der Waals surface area contributed by atoms with Crippen LogP contribution in [0.4, 0.5) is 13.2 Å². The number of benzene rings is 1. The molecule has 0 fully saturated rings. The van der Waals surface area contributed by atoms with Crippen LogP contribution in [0.1, 0.15) is 34.8 Å². The van der Waals surface area contributed by atoms with Crippen LogP contribution in [-0.2, 0) is 24.8 Å². The SMILES string of the molecule is O=c1[nH]c(CSc2nc(-c3ccc(Cl)cc3)cc(C(F)(F)F)n2)nc2sc3c(c12)CCCC3. The van der Waals surface area contributed by atoms with E-state index in [1.54, 1.807) is 24.3 Å². The van der Waals surface area contributed by atoms with Crippen LogP contribution in [0, 0.1) is 0 Å². The number of H-pyrrole nitrogens is 1. The molecular formula is C22H16ClF3N4OS2. The van der Waals surface area contributed by atoms with Gasteiger partial charge in [0.2, 0.25) is 0 Å². The summed E-state index contributed by atoms with van der Waals surface area (Å²) in [6.07, 6.45) is -0.645. The number of rotatable bonds is 4. The first-order valence-corrected chi connectivity index (χ1v) is 12.3. The van der Waals surface area contributed by atoms with Gasteiger partial charge in [0.1, 0.15) is 16.3 Å². The number of aromatic amines is 1. The van der Waals surface area contributed by atoms with Crippen LogP contribution < -0.4 is 5.56 Å². The van der Waals surface area contributed by atoms with Crippen LogP contribution in [0.25, 0.3) is 21.5 Å². The summed E-state index contributed by atoms with van der Waals surface area (Å²) in [5.41, 5.74) is 0.475.